The molecular weight excluding hydrogens is 568 g/mol. The highest BCUT2D eigenvalue weighted by Gasteiger charge is 2.66. The van der Waals surface area contributed by atoms with Gasteiger partial charge in [0, 0.05) is 28.4 Å². The lowest BCUT2D eigenvalue weighted by molar-refractivity contribution is -0.122. The van der Waals surface area contributed by atoms with Gasteiger partial charge in [-0.25, -0.2) is 9.18 Å². The van der Waals surface area contributed by atoms with Gasteiger partial charge in [-0.1, -0.05) is 68.2 Å². The highest BCUT2D eigenvalue weighted by Crippen LogP contribution is 2.57. The SMILES string of the molecule is COC(=O)c1cccc(NC(=O)C2NC(CC(C)(C)C)C3(C(=O)Nc4cc(Cl)ccc43)C2c2cccc(Cl)c2F)c1. The monoisotopic (exact) mass is 597 g/mol. The number of nitrogens with one attached hydrogen (secondary N) is 3. The van der Waals surface area contributed by atoms with E-state index < -0.39 is 41.1 Å². The number of hydrogen-bond acceptors (Lipinski definition) is 5. The fourth-order valence-electron chi connectivity index (χ4n) is 6.21. The zero-order chi connectivity index (χ0) is 29.7. The molecule has 0 bridgehead atoms. The Balaban J connectivity index is 1.69. The normalized spacial score (nSPS) is 23.3. The maximum absolute atomic E-state index is 15.9. The van der Waals surface area contributed by atoms with Crippen molar-refractivity contribution in [1.82, 2.24) is 5.32 Å². The Morgan fingerprint density at radius 2 is 1.80 bits per heavy atom. The van der Waals surface area contributed by atoms with E-state index in [9.17, 15) is 14.4 Å². The molecule has 3 aromatic carbocycles. The van der Waals surface area contributed by atoms with E-state index in [-0.39, 0.29) is 27.5 Å². The summed E-state index contributed by atoms with van der Waals surface area (Å²) in [7, 11) is 1.27. The zero-order valence-electron chi connectivity index (χ0n) is 23.0. The van der Waals surface area contributed by atoms with Crippen LogP contribution >= 0.6 is 23.2 Å². The van der Waals surface area contributed by atoms with Crippen LogP contribution in [0.4, 0.5) is 15.8 Å². The van der Waals surface area contributed by atoms with Gasteiger partial charge >= 0.3 is 5.97 Å². The van der Waals surface area contributed by atoms with Gasteiger partial charge in [0.15, 0.2) is 0 Å². The molecule has 4 atom stereocenters. The van der Waals surface area contributed by atoms with Crippen LogP contribution in [0.2, 0.25) is 10.0 Å². The Bertz CT molecular complexity index is 1560. The van der Waals surface area contributed by atoms with Crippen LogP contribution in [0.5, 0.6) is 0 Å². The molecule has 0 aliphatic carbocycles. The molecule has 2 amide bonds. The summed E-state index contributed by atoms with van der Waals surface area (Å²) in [5.41, 5.74) is 0.254. The minimum absolute atomic E-state index is 0.114. The average Bonchev–Trinajstić information content (AvgIpc) is 3.38. The van der Waals surface area contributed by atoms with E-state index in [1.807, 2.05) is 20.8 Å². The fourth-order valence-corrected chi connectivity index (χ4v) is 6.57. The molecule has 2 heterocycles. The molecule has 5 rings (SSSR count). The molecule has 10 heteroatoms. The van der Waals surface area contributed by atoms with Crippen LogP contribution in [0.3, 0.4) is 0 Å². The number of fused-ring (bicyclic) bond motifs is 2. The number of halogens is 3. The van der Waals surface area contributed by atoms with Gasteiger partial charge in [-0.15, -0.1) is 0 Å². The number of anilines is 2. The molecule has 41 heavy (non-hydrogen) atoms. The van der Waals surface area contributed by atoms with E-state index >= 15 is 4.39 Å². The third-order valence-electron chi connectivity index (χ3n) is 7.77. The summed E-state index contributed by atoms with van der Waals surface area (Å²) in [5.74, 6) is -3.09. The maximum atomic E-state index is 15.9. The Morgan fingerprint density at radius 3 is 2.51 bits per heavy atom. The molecule has 1 spiro atoms. The molecular formula is C31H30Cl2FN3O4. The number of rotatable bonds is 5. The van der Waals surface area contributed by atoms with Crippen LogP contribution in [0, 0.1) is 11.2 Å². The standard InChI is InChI=1S/C31H30Cl2FN3O4/c1-30(2,3)15-23-31(20-12-11-17(32)14-22(20)36-29(31)40)24(19-9-6-10-21(33)25(19)34)26(37-23)27(38)35-18-8-5-7-16(13-18)28(39)41-4/h5-14,23-24,26,37H,15H2,1-4H3,(H,35,38)(H,36,40). The van der Waals surface area contributed by atoms with E-state index in [0.29, 0.717) is 28.4 Å². The highest BCUT2D eigenvalue weighted by atomic mass is 35.5. The number of methoxy groups -OCH3 is 1. The molecule has 2 aliphatic heterocycles. The number of benzene rings is 3. The van der Waals surface area contributed by atoms with Crippen molar-refractivity contribution < 1.29 is 23.5 Å². The number of carbonyl (C=O) groups is 3. The number of hydrogen-bond donors (Lipinski definition) is 3. The molecule has 214 valence electrons. The summed E-state index contributed by atoms with van der Waals surface area (Å²) in [4.78, 5) is 40.3. The predicted octanol–water partition coefficient (Wildman–Crippen LogP) is 6.31. The summed E-state index contributed by atoms with van der Waals surface area (Å²) in [6, 6.07) is 14.4. The van der Waals surface area contributed by atoms with Crippen molar-refractivity contribution in [2.45, 2.75) is 50.6 Å². The predicted molar refractivity (Wildman–Crippen MR) is 157 cm³/mol. The lowest BCUT2D eigenvalue weighted by atomic mass is 9.62. The summed E-state index contributed by atoms with van der Waals surface area (Å²) in [6.07, 6.45) is 0.489. The zero-order valence-corrected chi connectivity index (χ0v) is 24.5. The van der Waals surface area contributed by atoms with E-state index in [0.717, 1.165) is 0 Å². The second kappa shape index (κ2) is 10.7. The quantitative estimate of drug-likeness (QED) is 0.300. The van der Waals surface area contributed by atoms with Gasteiger partial charge in [0.05, 0.1) is 23.7 Å². The first-order valence-corrected chi connectivity index (χ1v) is 13.9. The van der Waals surface area contributed by atoms with Gasteiger partial charge in [-0.2, -0.15) is 0 Å². The largest absolute Gasteiger partial charge is 0.465 e. The van der Waals surface area contributed by atoms with Gasteiger partial charge in [-0.3, -0.25) is 9.59 Å². The van der Waals surface area contributed by atoms with Crippen molar-refractivity contribution in [1.29, 1.82) is 0 Å². The molecule has 7 nitrogen and oxygen atoms in total. The molecule has 3 N–H and O–H groups in total. The molecule has 4 unspecified atom stereocenters. The second-order valence-corrected chi connectivity index (χ2v) is 12.5. The molecule has 3 aromatic rings. The van der Waals surface area contributed by atoms with E-state index in [1.54, 1.807) is 48.5 Å². The van der Waals surface area contributed by atoms with Crippen LogP contribution in [-0.4, -0.2) is 37.0 Å². The minimum atomic E-state index is -1.37. The summed E-state index contributed by atoms with van der Waals surface area (Å²) in [5, 5.41) is 9.55. The van der Waals surface area contributed by atoms with Crippen molar-refractivity contribution >= 4 is 52.4 Å². The molecule has 2 aliphatic rings. The lowest BCUT2D eigenvalue weighted by Gasteiger charge is -2.37. The van der Waals surface area contributed by atoms with Gasteiger partial charge in [0.2, 0.25) is 11.8 Å². The molecule has 0 radical (unpaired) electrons. The number of ether oxygens (including phenoxy) is 1. The average molecular weight is 599 g/mol. The van der Waals surface area contributed by atoms with Crippen molar-refractivity contribution in [2.75, 3.05) is 17.7 Å². The van der Waals surface area contributed by atoms with Crippen LogP contribution in [0.15, 0.2) is 60.7 Å². The first-order chi connectivity index (χ1) is 19.4. The Labute approximate surface area is 247 Å². The lowest BCUT2D eigenvalue weighted by Crippen LogP contribution is -2.49. The van der Waals surface area contributed by atoms with Crippen molar-refractivity contribution in [3.05, 3.63) is 93.2 Å². The Hall–Kier alpha value is -3.46. The van der Waals surface area contributed by atoms with Crippen LogP contribution in [-0.2, 0) is 19.7 Å². The van der Waals surface area contributed by atoms with Crippen molar-refractivity contribution in [3.63, 3.8) is 0 Å². The van der Waals surface area contributed by atoms with Gasteiger partial charge in [-0.05, 0) is 59.4 Å². The third kappa shape index (κ3) is 5.09. The molecule has 1 fully saturated rings. The van der Waals surface area contributed by atoms with E-state index in [2.05, 4.69) is 16.0 Å². The minimum Gasteiger partial charge on any atom is -0.465 e. The van der Waals surface area contributed by atoms with Gasteiger partial charge in [0.1, 0.15) is 11.2 Å². The van der Waals surface area contributed by atoms with Crippen molar-refractivity contribution in [3.8, 4) is 0 Å². The molecule has 0 aromatic heterocycles. The van der Waals surface area contributed by atoms with Crippen LogP contribution in [0.25, 0.3) is 0 Å². The number of carbonyl (C=O) groups excluding carboxylic acids is 3. The second-order valence-electron chi connectivity index (χ2n) is 11.7. The Morgan fingerprint density at radius 1 is 1.07 bits per heavy atom. The summed E-state index contributed by atoms with van der Waals surface area (Å²) < 4.78 is 20.7. The van der Waals surface area contributed by atoms with Gasteiger partial charge in [0.25, 0.3) is 0 Å². The summed E-state index contributed by atoms with van der Waals surface area (Å²) in [6.45, 7) is 6.12. The van der Waals surface area contributed by atoms with E-state index in [1.165, 1.54) is 19.2 Å². The Kier molecular flexibility index (Phi) is 7.61. The van der Waals surface area contributed by atoms with Crippen molar-refractivity contribution in [2.24, 2.45) is 5.41 Å². The first-order valence-electron chi connectivity index (χ1n) is 13.2. The first kappa shape index (κ1) is 29.0. The smallest absolute Gasteiger partial charge is 0.337 e. The maximum Gasteiger partial charge on any atom is 0.337 e. The fraction of sp³-hybridized carbons (Fsp3) is 0.323. The topological polar surface area (TPSA) is 96.5 Å². The van der Waals surface area contributed by atoms with Crippen LogP contribution in [0.1, 0.15) is 54.6 Å². The third-order valence-corrected chi connectivity index (χ3v) is 8.30. The van der Waals surface area contributed by atoms with Crippen LogP contribution < -0.4 is 16.0 Å². The number of amides is 2. The highest BCUT2D eigenvalue weighted by molar-refractivity contribution is 6.31. The molecule has 0 saturated carbocycles. The van der Waals surface area contributed by atoms with E-state index in [4.69, 9.17) is 27.9 Å². The molecule has 1 saturated heterocycles. The number of esters is 1. The van der Waals surface area contributed by atoms with Gasteiger partial charge < -0.3 is 20.7 Å². The summed E-state index contributed by atoms with van der Waals surface area (Å²) >= 11 is 12.5.